The largest absolute Gasteiger partial charge is 0.312 e. The minimum absolute atomic E-state index is 0.111. The maximum Gasteiger partial charge on any atom is 0.243 e. The summed E-state index contributed by atoms with van der Waals surface area (Å²) in [6.45, 7) is 3.46. The number of hydrogen-bond donors (Lipinski definition) is 0. The third kappa shape index (κ3) is 4.28. The fourth-order valence-corrected chi connectivity index (χ4v) is 7.95. The van der Waals surface area contributed by atoms with E-state index in [4.69, 9.17) is 0 Å². The fraction of sp³-hybridized carbons (Fsp3) is 0.517. The third-order valence-electron chi connectivity index (χ3n) is 8.78. The molecular formula is C29H35N3O4S. The number of rotatable bonds is 4. The summed E-state index contributed by atoms with van der Waals surface area (Å²) in [4.78, 5) is 30.4. The van der Waals surface area contributed by atoms with E-state index >= 15 is 0 Å². The van der Waals surface area contributed by atoms with Crippen LogP contribution in [0.15, 0.2) is 47.4 Å². The van der Waals surface area contributed by atoms with Gasteiger partial charge < -0.3 is 9.80 Å². The number of carbonyl (C=O) groups is 2. The van der Waals surface area contributed by atoms with Gasteiger partial charge in [0.1, 0.15) is 0 Å². The maximum atomic E-state index is 13.6. The van der Waals surface area contributed by atoms with Gasteiger partial charge in [-0.25, -0.2) is 8.42 Å². The molecule has 2 aromatic carbocycles. The molecule has 2 amide bonds. The number of benzene rings is 2. The van der Waals surface area contributed by atoms with E-state index in [9.17, 15) is 18.0 Å². The molecule has 0 aromatic heterocycles. The SMILES string of the molecule is C[C@H]1Cc2ccccc2N1C(=O)C1CCN(S(=O)(=O)c2ccc3c(c2)CCCN3C(=O)C2CCC2)CC1. The summed E-state index contributed by atoms with van der Waals surface area (Å²) in [6.07, 6.45) is 6.56. The Morgan fingerprint density at radius 1 is 0.811 bits per heavy atom. The summed E-state index contributed by atoms with van der Waals surface area (Å²) in [5.74, 6) is 0.244. The monoisotopic (exact) mass is 521 g/mol. The summed E-state index contributed by atoms with van der Waals surface area (Å²) < 4.78 is 28.6. The van der Waals surface area contributed by atoms with Crippen molar-refractivity contribution in [2.24, 2.45) is 11.8 Å². The van der Waals surface area contributed by atoms with Crippen LogP contribution >= 0.6 is 0 Å². The average Bonchev–Trinajstić information content (AvgIpc) is 3.22. The molecule has 2 fully saturated rings. The van der Waals surface area contributed by atoms with Crippen molar-refractivity contribution in [2.75, 3.05) is 29.4 Å². The van der Waals surface area contributed by atoms with Crippen molar-refractivity contribution >= 4 is 33.2 Å². The van der Waals surface area contributed by atoms with E-state index in [-0.39, 0.29) is 34.6 Å². The van der Waals surface area contributed by atoms with Crippen LogP contribution in [0.2, 0.25) is 0 Å². The smallest absolute Gasteiger partial charge is 0.243 e. The number of aryl methyl sites for hydroxylation is 1. The van der Waals surface area contributed by atoms with Gasteiger partial charge in [-0.15, -0.1) is 0 Å². The van der Waals surface area contributed by atoms with Crippen molar-refractivity contribution < 1.29 is 18.0 Å². The van der Waals surface area contributed by atoms with Crippen LogP contribution in [0.1, 0.15) is 56.6 Å². The number of anilines is 2. The molecular weight excluding hydrogens is 486 g/mol. The van der Waals surface area contributed by atoms with Crippen LogP contribution in [-0.4, -0.2) is 50.2 Å². The molecule has 2 aromatic rings. The number of hydrogen-bond acceptors (Lipinski definition) is 4. The van der Waals surface area contributed by atoms with Crippen LogP contribution < -0.4 is 9.80 Å². The maximum absolute atomic E-state index is 13.6. The Labute approximate surface area is 219 Å². The Hall–Kier alpha value is -2.71. The molecule has 0 bridgehead atoms. The molecule has 8 heteroatoms. The zero-order valence-corrected chi connectivity index (χ0v) is 22.3. The molecule has 4 aliphatic rings. The molecule has 196 valence electrons. The van der Waals surface area contributed by atoms with Gasteiger partial charge in [0.25, 0.3) is 0 Å². The van der Waals surface area contributed by atoms with E-state index in [2.05, 4.69) is 13.0 Å². The number of nitrogens with zero attached hydrogens (tertiary/aromatic N) is 3. The minimum atomic E-state index is -3.67. The van der Waals surface area contributed by atoms with Gasteiger partial charge in [0.15, 0.2) is 0 Å². The van der Waals surface area contributed by atoms with Crippen molar-refractivity contribution in [1.82, 2.24) is 4.31 Å². The van der Waals surface area contributed by atoms with Crippen LogP contribution in [0.5, 0.6) is 0 Å². The van der Waals surface area contributed by atoms with Crippen molar-refractivity contribution in [3.05, 3.63) is 53.6 Å². The number of piperidine rings is 1. The number of carbonyl (C=O) groups excluding carboxylic acids is 2. The predicted octanol–water partition coefficient (Wildman–Crippen LogP) is 4.14. The second-order valence-corrected chi connectivity index (χ2v) is 13.0. The second-order valence-electron chi connectivity index (χ2n) is 11.1. The zero-order valence-electron chi connectivity index (χ0n) is 21.4. The highest BCUT2D eigenvalue weighted by atomic mass is 32.2. The van der Waals surface area contributed by atoms with Crippen LogP contribution in [0.25, 0.3) is 0 Å². The van der Waals surface area contributed by atoms with Crippen molar-refractivity contribution in [2.45, 2.75) is 69.2 Å². The lowest BCUT2D eigenvalue weighted by atomic mass is 9.83. The molecule has 1 atom stereocenters. The van der Waals surface area contributed by atoms with Gasteiger partial charge in [-0.05, 0) is 87.3 Å². The molecule has 7 nitrogen and oxygen atoms in total. The standard InChI is InChI=1S/C29H35N3O4S/c1-20-18-23-6-2-3-10-27(23)32(20)29(34)22-13-16-30(17-14-22)37(35,36)25-11-12-26-24(19-25)9-5-15-31(26)28(33)21-7-4-8-21/h2-3,6,10-12,19-22H,4-5,7-9,13-18H2,1H3/t20-/m0/s1. The number of para-hydroxylation sites is 1. The number of sulfonamides is 1. The highest BCUT2D eigenvalue weighted by Gasteiger charge is 2.39. The average molecular weight is 522 g/mol. The van der Waals surface area contributed by atoms with Gasteiger partial charge >= 0.3 is 0 Å². The predicted molar refractivity (Wildman–Crippen MR) is 143 cm³/mol. The van der Waals surface area contributed by atoms with Crippen molar-refractivity contribution in [3.8, 4) is 0 Å². The lowest BCUT2D eigenvalue weighted by molar-refractivity contribution is -0.125. The summed E-state index contributed by atoms with van der Waals surface area (Å²) in [5, 5.41) is 0. The minimum Gasteiger partial charge on any atom is -0.312 e. The lowest BCUT2D eigenvalue weighted by Gasteiger charge is -2.36. The quantitative estimate of drug-likeness (QED) is 0.606. The first-order valence-electron chi connectivity index (χ1n) is 13.7. The molecule has 0 unspecified atom stereocenters. The number of fused-ring (bicyclic) bond motifs is 2. The first-order valence-corrected chi connectivity index (χ1v) is 15.1. The van der Waals surface area contributed by atoms with Gasteiger partial charge in [0, 0.05) is 48.9 Å². The van der Waals surface area contributed by atoms with Crippen LogP contribution in [-0.2, 0) is 32.5 Å². The fourth-order valence-electron chi connectivity index (χ4n) is 6.43. The van der Waals surface area contributed by atoms with E-state index in [1.54, 1.807) is 12.1 Å². The Morgan fingerprint density at radius 2 is 1.54 bits per heavy atom. The van der Waals surface area contributed by atoms with Gasteiger partial charge in [0.05, 0.1) is 4.90 Å². The second kappa shape index (κ2) is 9.55. The zero-order chi connectivity index (χ0) is 25.7. The Balaban J connectivity index is 1.15. The molecule has 1 saturated heterocycles. The normalized spacial score (nSPS) is 22.9. The molecule has 0 spiro atoms. The molecule has 0 radical (unpaired) electrons. The summed E-state index contributed by atoms with van der Waals surface area (Å²) in [7, 11) is -3.67. The first kappa shape index (κ1) is 24.6. The molecule has 37 heavy (non-hydrogen) atoms. The van der Waals surface area contributed by atoms with E-state index in [1.165, 1.54) is 9.87 Å². The van der Waals surface area contributed by atoms with Crippen LogP contribution in [0.4, 0.5) is 11.4 Å². The van der Waals surface area contributed by atoms with Gasteiger partial charge in [0.2, 0.25) is 21.8 Å². The Bertz CT molecular complexity index is 1330. The molecule has 1 aliphatic carbocycles. The van der Waals surface area contributed by atoms with Gasteiger partial charge in [-0.1, -0.05) is 24.6 Å². The lowest BCUT2D eigenvalue weighted by Crippen LogP contribution is -2.46. The van der Waals surface area contributed by atoms with Gasteiger partial charge in [-0.2, -0.15) is 4.31 Å². The molecule has 6 rings (SSSR count). The van der Waals surface area contributed by atoms with E-state index in [0.717, 1.165) is 55.5 Å². The summed E-state index contributed by atoms with van der Waals surface area (Å²) >= 11 is 0. The topological polar surface area (TPSA) is 78.0 Å². The summed E-state index contributed by atoms with van der Waals surface area (Å²) in [6, 6.07) is 13.4. The molecule has 3 aliphatic heterocycles. The van der Waals surface area contributed by atoms with Gasteiger partial charge in [-0.3, -0.25) is 9.59 Å². The summed E-state index contributed by atoms with van der Waals surface area (Å²) in [5.41, 5.74) is 4.00. The molecule has 0 N–H and O–H groups in total. The Kier molecular flexibility index (Phi) is 6.35. The highest BCUT2D eigenvalue weighted by molar-refractivity contribution is 7.89. The molecule has 3 heterocycles. The number of amides is 2. The van der Waals surface area contributed by atoms with Crippen LogP contribution in [0.3, 0.4) is 0 Å². The Morgan fingerprint density at radius 3 is 2.27 bits per heavy atom. The van der Waals surface area contributed by atoms with Crippen molar-refractivity contribution in [3.63, 3.8) is 0 Å². The van der Waals surface area contributed by atoms with Crippen molar-refractivity contribution in [1.29, 1.82) is 0 Å². The van der Waals surface area contributed by atoms with E-state index in [1.807, 2.05) is 34.1 Å². The highest BCUT2D eigenvalue weighted by Crippen LogP contribution is 2.37. The van der Waals surface area contributed by atoms with Crippen LogP contribution in [0, 0.1) is 11.8 Å². The third-order valence-corrected chi connectivity index (χ3v) is 10.7. The van der Waals surface area contributed by atoms with E-state index in [0.29, 0.717) is 32.5 Å². The molecule has 1 saturated carbocycles. The first-order chi connectivity index (χ1) is 17.8. The van der Waals surface area contributed by atoms with E-state index < -0.39 is 10.0 Å².